The summed E-state index contributed by atoms with van der Waals surface area (Å²) < 4.78 is 23.2. The van der Waals surface area contributed by atoms with E-state index in [0.29, 0.717) is 12.2 Å². The molecule has 24 heavy (non-hydrogen) atoms. The maximum Gasteiger partial charge on any atom is 0.239 e. The van der Waals surface area contributed by atoms with Gasteiger partial charge in [-0.2, -0.15) is 0 Å². The number of hydrogen-bond acceptors (Lipinski definition) is 4. The first-order chi connectivity index (χ1) is 11.4. The highest BCUT2D eigenvalue weighted by atomic mass is 32.2. The largest absolute Gasteiger partial charge is 0.376 e. The molecular weight excluding hydrogens is 324 g/mol. The van der Waals surface area contributed by atoms with Crippen LogP contribution < -0.4 is 10.6 Å². The van der Waals surface area contributed by atoms with Crippen LogP contribution >= 0.6 is 0 Å². The lowest BCUT2D eigenvalue weighted by Gasteiger charge is -2.11. The van der Waals surface area contributed by atoms with Crippen LogP contribution in [0.3, 0.4) is 0 Å². The zero-order chi connectivity index (χ0) is 17.6. The van der Waals surface area contributed by atoms with Gasteiger partial charge in [0, 0.05) is 18.5 Å². The number of sulfone groups is 1. The molecule has 0 aliphatic heterocycles. The van der Waals surface area contributed by atoms with Crippen molar-refractivity contribution in [2.45, 2.75) is 18.2 Å². The van der Waals surface area contributed by atoms with Crippen molar-refractivity contribution in [2.24, 2.45) is 0 Å². The normalized spacial score (nSPS) is 11.1. The summed E-state index contributed by atoms with van der Waals surface area (Å²) in [4.78, 5) is 12.1. The van der Waals surface area contributed by atoms with Crippen LogP contribution in [-0.4, -0.2) is 33.7 Å². The van der Waals surface area contributed by atoms with Crippen LogP contribution in [0.1, 0.15) is 11.1 Å². The maximum absolute atomic E-state index is 11.9. The Labute approximate surface area is 143 Å². The Bertz CT molecular complexity index is 802. The van der Waals surface area contributed by atoms with Gasteiger partial charge >= 0.3 is 0 Å². The van der Waals surface area contributed by atoms with E-state index < -0.39 is 9.84 Å². The Kier molecular flexibility index (Phi) is 5.98. The van der Waals surface area contributed by atoms with Crippen LogP contribution in [0.25, 0.3) is 0 Å². The van der Waals surface area contributed by atoms with Gasteiger partial charge in [0.05, 0.1) is 11.4 Å². The molecule has 128 valence electrons. The van der Waals surface area contributed by atoms with E-state index >= 15 is 0 Å². The predicted octanol–water partition coefficient (Wildman–Crippen LogP) is 2.17. The van der Waals surface area contributed by atoms with Gasteiger partial charge < -0.3 is 10.6 Å². The average Bonchev–Trinajstić information content (AvgIpc) is 2.54. The summed E-state index contributed by atoms with van der Waals surface area (Å²) in [7, 11) is -3.27. The molecule has 0 aromatic heterocycles. The quantitative estimate of drug-likeness (QED) is 0.806. The van der Waals surface area contributed by atoms with E-state index in [-0.39, 0.29) is 17.3 Å². The van der Waals surface area contributed by atoms with Crippen molar-refractivity contribution in [3.05, 3.63) is 59.7 Å². The minimum absolute atomic E-state index is 0.100. The highest BCUT2D eigenvalue weighted by molar-refractivity contribution is 7.90. The highest BCUT2D eigenvalue weighted by Crippen LogP contribution is 2.19. The molecule has 0 atom stereocenters. The average molecular weight is 346 g/mol. The summed E-state index contributed by atoms with van der Waals surface area (Å²) in [5.41, 5.74) is 2.71. The van der Waals surface area contributed by atoms with Gasteiger partial charge in [-0.05, 0) is 36.6 Å². The Morgan fingerprint density at radius 1 is 1.08 bits per heavy atom. The zero-order valence-electron chi connectivity index (χ0n) is 13.9. The molecule has 0 saturated carbocycles. The third-order valence-corrected chi connectivity index (χ3v) is 4.77. The summed E-state index contributed by atoms with van der Waals surface area (Å²) in [5.74, 6) is -0.130. The molecule has 0 unspecified atom stereocenters. The lowest BCUT2D eigenvalue weighted by molar-refractivity contribution is -0.119. The van der Waals surface area contributed by atoms with Crippen molar-refractivity contribution in [1.82, 2.24) is 5.32 Å². The van der Waals surface area contributed by atoms with Crippen LogP contribution in [0, 0.1) is 6.92 Å². The number of benzene rings is 2. The zero-order valence-corrected chi connectivity index (χ0v) is 14.7. The number of aryl methyl sites for hydroxylation is 1. The van der Waals surface area contributed by atoms with Crippen molar-refractivity contribution in [2.75, 3.05) is 24.7 Å². The number of nitrogens with one attached hydrogen (secondary N) is 2. The molecule has 0 radical (unpaired) electrons. The first kappa shape index (κ1) is 18.0. The molecule has 5 nitrogen and oxygen atoms in total. The smallest absolute Gasteiger partial charge is 0.239 e. The van der Waals surface area contributed by atoms with E-state index in [1.807, 2.05) is 37.3 Å². The first-order valence-corrected chi connectivity index (χ1v) is 9.60. The van der Waals surface area contributed by atoms with E-state index in [0.717, 1.165) is 18.2 Å². The molecule has 2 rings (SSSR count). The number of amides is 1. The highest BCUT2D eigenvalue weighted by Gasteiger charge is 2.10. The van der Waals surface area contributed by atoms with Gasteiger partial charge in [0.1, 0.15) is 0 Å². The predicted molar refractivity (Wildman–Crippen MR) is 95.9 cm³/mol. The van der Waals surface area contributed by atoms with Crippen LogP contribution in [-0.2, 0) is 21.1 Å². The van der Waals surface area contributed by atoms with Gasteiger partial charge in [0.15, 0.2) is 9.84 Å². The molecule has 0 aliphatic carbocycles. The summed E-state index contributed by atoms with van der Waals surface area (Å²) in [5, 5.41) is 5.84. The van der Waals surface area contributed by atoms with Crippen LogP contribution in [0.15, 0.2) is 53.4 Å². The van der Waals surface area contributed by atoms with Crippen LogP contribution in [0.5, 0.6) is 0 Å². The molecule has 0 bridgehead atoms. The molecular formula is C18H22N2O3S. The Morgan fingerprint density at radius 3 is 2.46 bits per heavy atom. The Hall–Kier alpha value is -2.34. The van der Waals surface area contributed by atoms with E-state index in [1.165, 1.54) is 5.56 Å². The Balaban J connectivity index is 1.85. The van der Waals surface area contributed by atoms with Gasteiger partial charge in [0.2, 0.25) is 5.91 Å². The second kappa shape index (κ2) is 7.97. The number of carbonyl (C=O) groups excluding carboxylic acids is 1. The third-order valence-electron chi connectivity index (χ3n) is 3.66. The second-order valence-electron chi connectivity index (χ2n) is 5.69. The second-order valence-corrected chi connectivity index (χ2v) is 7.70. The Morgan fingerprint density at radius 2 is 1.79 bits per heavy atom. The number of anilines is 1. The summed E-state index contributed by atoms with van der Waals surface area (Å²) in [6.07, 6.45) is 1.94. The minimum atomic E-state index is -3.27. The molecule has 1 amide bonds. The number of hydrogen-bond donors (Lipinski definition) is 2. The van der Waals surface area contributed by atoms with Gasteiger partial charge in [-0.25, -0.2) is 8.42 Å². The van der Waals surface area contributed by atoms with Gasteiger partial charge in [-0.3, -0.25) is 4.79 Å². The van der Waals surface area contributed by atoms with Gasteiger partial charge in [-0.1, -0.05) is 36.4 Å². The van der Waals surface area contributed by atoms with Gasteiger partial charge in [-0.15, -0.1) is 0 Å². The topological polar surface area (TPSA) is 75.3 Å². The fraction of sp³-hybridized carbons (Fsp3) is 0.278. The lowest BCUT2D eigenvalue weighted by Crippen LogP contribution is -2.31. The molecule has 2 N–H and O–H groups in total. The van der Waals surface area contributed by atoms with Gasteiger partial charge in [0.25, 0.3) is 0 Å². The lowest BCUT2D eigenvalue weighted by atomic mass is 10.1. The van der Waals surface area contributed by atoms with Crippen molar-refractivity contribution >= 4 is 21.4 Å². The molecule has 2 aromatic carbocycles. The van der Waals surface area contributed by atoms with Crippen molar-refractivity contribution < 1.29 is 13.2 Å². The molecule has 0 aliphatic rings. The molecule has 2 aromatic rings. The molecule has 0 heterocycles. The fourth-order valence-electron chi connectivity index (χ4n) is 2.25. The monoisotopic (exact) mass is 346 g/mol. The molecule has 0 saturated heterocycles. The first-order valence-electron chi connectivity index (χ1n) is 7.71. The van der Waals surface area contributed by atoms with E-state index in [1.54, 1.807) is 18.2 Å². The molecule has 0 spiro atoms. The van der Waals surface area contributed by atoms with E-state index in [9.17, 15) is 13.2 Å². The SMILES string of the molecule is Cc1ccc(S(C)(=O)=O)cc1NCC(=O)NCCc1ccccc1. The minimum Gasteiger partial charge on any atom is -0.376 e. The van der Waals surface area contributed by atoms with Crippen LogP contribution in [0.4, 0.5) is 5.69 Å². The summed E-state index contributed by atoms with van der Waals surface area (Å²) in [6.45, 7) is 2.53. The van der Waals surface area contributed by atoms with E-state index in [2.05, 4.69) is 10.6 Å². The standard InChI is InChI=1S/C18H22N2O3S/c1-14-8-9-16(24(2,22)23)12-17(14)20-13-18(21)19-11-10-15-6-4-3-5-7-15/h3-9,12,20H,10-11,13H2,1-2H3,(H,19,21). The van der Waals surface area contributed by atoms with Crippen molar-refractivity contribution in [1.29, 1.82) is 0 Å². The molecule has 0 fully saturated rings. The molecule has 6 heteroatoms. The number of carbonyl (C=O) groups is 1. The summed E-state index contributed by atoms with van der Waals surface area (Å²) in [6, 6.07) is 14.8. The third kappa shape index (κ3) is 5.38. The fourth-order valence-corrected chi connectivity index (χ4v) is 2.90. The van der Waals surface area contributed by atoms with Crippen LogP contribution in [0.2, 0.25) is 0 Å². The van der Waals surface area contributed by atoms with E-state index in [4.69, 9.17) is 0 Å². The van der Waals surface area contributed by atoms with Crippen molar-refractivity contribution in [3.8, 4) is 0 Å². The summed E-state index contributed by atoms with van der Waals surface area (Å²) >= 11 is 0. The maximum atomic E-state index is 11.9. The van der Waals surface area contributed by atoms with Crippen molar-refractivity contribution in [3.63, 3.8) is 0 Å². The number of rotatable bonds is 7.